The number of aliphatic hydroxyl groups excluding tert-OH is 1. The molecule has 2 heteroatoms. The minimum Gasteiger partial charge on any atom is -0.392 e. The number of likely N-dealkylation sites (tertiary alicyclic amines) is 1. The molecule has 2 saturated carbocycles. The van der Waals surface area contributed by atoms with E-state index in [-0.39, 0.29) is 11.5 Å². The first-order valence-corrected chi connectivity index (χ1v) is 9.00. The SMILES string of the molecule is CC1(C)CCCC(CN2CCCC3CCCCC32)C1O. The number of hydrogen-bond donors (Lipinski definition) is 1. The average Bonchev–Trinajstić information content (AvgIpc) is 2.44. The second kappa shape index (κ2) is 5.96. The summed E-state index contributed by atoms with van der Waals surface area (Å²) in [7, 11) is 0. The van der Waals surface area contributed by atoms with Crippen LogP contribution >= 0.6 is 0 Å². The molecule has 3 fully saturated rings. The Morgan fingerprint density at radius 3 is 2.60 bits per heavy atom. The first kappa shape index (κ1) is 14.8. The van der Waals surface area contributed by atoms with Gasteiger partial charge in [0.05, 0.1) is 6.10 Å². The lowest BCUT2D eigenvalue weighted by molar-refractivity contribution is -0.0569. The maximum Gasteiger partial charge on any atom is 0.0631 e. The van der Waals surface area contributed by atoms with Gasteiger partial charge in [0, 0.05) is 12.6 Å². The Morgan fingerprint density at radius 1 is 1.00 bits per heavy atom. The zero-order valence-electron chi connectivity index (χ0n) is 13.5. The van der Waals surface area contributed by atoms with Gasteiger partial charge in [0.1, 0.15) is 0 Å². The summed E-state index contributed by atoms with van der Waals surface area (Å²) in [5.41, 5.74) is 0.130. The molecule has 0 aromatic heterocycles. The van der Waals surface area contributed by atoms with Crippen LogP contribution < -0.4 is 0 Å². The van der Waals surface area contributed by atoms with Gasteiger partial charge in [-0.2, -0.15) is 0 Å². The van der Waals surface area contributed by atoms with Crippen LogP contribution in [0.3, 0.4) is 0 Å². The molecule has 1 N–H and O–H groups in total. The van der Waals surface area contributed by atoms with Crippen molar-refractivity contribution >= 4 is 0 Å². The van der Waals surface area contributed by atoms with Crippen molar-refractivity contribution in [1.29, 1.82) is 0 Å². The molecule has 4 atom stereocenters. The monoisotopic (exact) mass is 279 g/mol. The first-order valence-electron chi connectivity index (χ1n) is 9.00. The van der Waals surface area contributed by atoms with E-state index < -0.39 is 0 Å². The third-order valence-corrected chi connectivity index (χ3v) is 6.47. The van der Waals surface area contributed by atoms with Gasteiger partial charge >= 0.3 is 0 Å². The van der Waals surface area contributed by atoms with Crippen LogP contribution in [0, 0.1) is 17.3 Å². The lowest BCUT2D eigenvalue weighted by atomic mass is 9.69. The van der Waals surface area contributed by atoms with Crippen LogP contribution in [0.1, 0.15) is 71.6 Å². The van der Waals surface area contributed by atoms with E-state index >= 15 is 0 Å². The van der Waals surface area contributed by atoms with Crippen LogP contribution in [0.4, 0.5) is 0 Å². The number of aliphatic hydroxyl groups is 1. The number of nitrogens with zero attached hydrogens (tertiary/aromatic N) is 1. The first-order chi connectivity index (χ1) is 9.58. The third kappa shape index (κ3) is 2.92. The fourth-order valence-electron chi connectivity index (χ4n) is 5.21. The van der Waals surface area contributed by atoms with Crippen molar-refractivity contribution in [2.75, 3.05) is 13.1 Å². The van der Waals surface area contributed by atoms with Crippen LogP contribution in [0.2, 0.25) is 0 Å². The van der Waals surface area contributed by atoms with Gasteiger partial charge in [0.15, 0.2) is 0 Å². The number of fused-ring (bicyclic) bond motifs is 1. The molecule has 0 aromatic carbocycles. The van der Waals surface area contributed by atoms with Crippen LogP contribution in [-0.4, -0.2) is 35.2 Å². The molecule has 0 aromatic rings. The van der Waals surface area contributed by atoms with E-state index in [1.165, 1.54) is 64.3 Å². The molecule has 1 saturated heterocycles. The van der Waals surface area contributed by atoms with Crippen molar-refractivity contribution in [3.63, 3.8) is 0 Å². The van der Waals surface area contributed by atoms with Crippen molar-refractivity contribution in [3.05, 3.63) is 0 Å². The molecule has 1 aliphatic heterocycles. The van der Waals surface area contributed by atoms with E-state index in [0.29, 0.717) is 5.92 Å². The van der Waals surface area contributed by atoms with Crippen molar-refractivity contribution in [2.24, 2.45) is 17.3 Å². The highest BCUT2D eigenvalue weighted by atomic mass is 16.3. The molecule has 0 bridgehead atoms. The van der Waals surface area contributed by atoms with Crippen LogP contribution in [0.5, 0.6) is 0 Å². The molecule has 20 heavy (non-hydrogen) atoms. The minimum absolute atomic E-state index is 0.0970. The van der Waals surface area contributed by atoms with Gasteiger partial charge in [-0.05, 0) is 62.3 Å². The fourth-order valence-corrected chi connectivity index (χ4v) is 5.21. The highest BCUT2D eigenvalue weighted by molar-refractivity contribution is 4.93. The van der Waals surface area contributed by atoms with E-state index in [2.05, 4.69) is 18.7 Å². The Labute approximate surface area is 124 Å². The van der Waals surface area contributed by atoms with E-state index in [4.69, 9.17) is 0 Å². The summed E-state index contributed by atoms with van der Waals surface area (Å²) in [6.45, 7) is 6.95. The maximum absolute atomic E-state index is 10.7. The lowest BCUT2D eigenvalue weighted by Crippen LogP contribution is -2.52. The molecule has 0 spiro atoms. The lowest BCUT2D eigenvalue weighted by Gasteiger charge is -2.48. The average molecular weight is 279 g/mol. The topological polar surface area (TPSA) is 23.5 Å². The molecule has 116 valence electrons. The van der Waals surface area contributed by atoms with E-state index in [9.17, 15) is 5.11 Å². The molecule has 3 aliphatic rings. The summed E-state index contributed by atoms with van der Waals surface area (Å²) in [4.78, 5) is 2.77. The minimum atomic E-state index is -0.0970. The molecular weight excluding hydrogens is 246 g/mol. The van der Waals surface area contributed by atoms with Gasteiger partial charge in [0.25, 0.3) is 0 Å². The predicted molar refractivity (Wildman–Crippen MR) is 83.7 cm³/mol. The highest BCUT2D eigenvalue weighted by Gasteiger charge is 2.40. The normalized spacial score (nSPS) is 42.1. The van der Waals surface area contributed by atoms with Gasteiger partial charge < -0.3 is 5.11 Å². The number of piperidine rings is 1. The molecule has 2 nitrogen and oxygen atoms in total. The molecule has 1 heterocycles. The quantitative estimate of drug-likeness (QED) is 0.830. The summed E-state index contributed by atoms with van der Waals surface area (Å²) in [6, 6.07) is 0.842. The van der Waals surface area contributed by atoms with E-state index in [1.54, 1.807) is 0 Å². The van der Waals surface area contributed by atoms with Crippen LogP contribution in [0.15, 0.2) is 0 Å². The molecule has 4 unspecified atom stereocenters. The Kier molecular flexibility index (Phi) is 4.42. The Morgan fingerprint density at radius 2 is 1.75 bits per heavy atom. The van der Waals surface area contributed by atoms with E-state index in [1.807, 2.05) is 0 Å². The standard InChI is InChI=1S/C18H33NO/c1-18(2)11-5-8-15(17(18)20)13-19-12-6-9-14-7-3-4-10-16(14)19/h14-17,20H,3-13H2,1-2H3. The third-order valence-electron chi connectivity index (χ3n) is 6.47. The zero-order chi connectivity index (χ0) is 14.2. The summed E-state index contributed by atoms with van der Waals surface area (Å²) in [6.07, 6.45) is 12.2. The summed E-state index contributed by atoms with van der Waals surface area (Å²) >= 11 is 0. The van der Waals surface area contributed by atoms with Crippen molar-refractivity contribution in [2.45, 2.75) is 83.8 Å². The number of hydrogen-bond acceptors (Lipinski definition) is 2. The fraction of sp³-hybridized carbons (Fsp3) is 1.00. The molecular formula is C18H33NO. The maximum atomic E-state index is 10.7. The van der Waals surface area contributed by atoms with Crippen molar-refractivity contribution < 1.29 is 5.11 Å². The van der Waals surface area contributed by atoms with Crippen molar-refractivity contribution in [3.8, 4) is 0 Å². The summed E-state index contributed by atoms with van der Waals surface area (Å²) in [5, 5.41) is 10.7. The molecule has 3 rings (SSSR count). The van der Waals surface area contributed by atoms with Crippen LogP contribution in [0.25, 0.3) is 0 Å². The second-order valence-electron chi connectivity index (χ2n) is 8.33. The van der Waals surface area contributed by atoms with Gasteiger partial charge in [0.2, 0.25) is 0 Å². The van der Waals surface area contributed by atoms with Gasteiger partial charge in [-0.15, -0.1) is 0 Å². The van der Waals surface area contributed by atoms with Gasteiger partial charge in [-0.25, -0.2) is 0 Å². The summed E-state index contributed by atoms with van der Waals surface area (Å²) < 4.78 is 0. The van der Waals surface area contributed by atoms with Crippen molar-refractivity contribution in [1.82, 2.24) is 4.90 Å². The largest absolute Gasteiger partial charge is 0.392 e. The zero-order valence-corrected chi connectivity index (χ0v) is 13.5. The summed E-state index contributed by atoms with van der Waals surface area (Å²) in [5.74, 6) is 1.48. The Bertz CT molecular complexity index is 325. The van der Waals surface area contributed by atoms with Crippen LogP contribution in [-0.2, 0) is 0 Å². The molecule has 0 radical (unpaired) electrons. The van der Waals surface area contributed by atoms with E-state index in [0.717, 1.165) is 18.5 Å². The Hall–Kier alpha value is -0.0800. The Balaban J connectivity index is 1.64. The second-order valence-corrected chi connectivity index (χ2v) is 8.33. The van der Waals surface area contributed by atoms with Gasteiger partial charge in [-0.1, -0.05) is 33.1 Å². The highest BCUT2D eigenvalue weighted by Crippen LogP contribution is 2.41. The predicted octanol–water partition coefficient (Wildman–Crippen LogP) is 3.83. The smallest absolute Gasteiger partial charge is 0.0631 e. The number of rotatable bonds is 2. The van der Waals surface area contributed by atoms with Gasteiger partial charge in [-0.3, -0.25) is 4.90 Å². The molecule has 2 aliphatic carbocycles. The molecule has 0 amide bonds.